The molecule has 1 rings (SSSR count). The van der Waals surface area contributed by atoms with E-state index < -0.39 is 0 Å². The van der Waals surface area contributed by atoms with E-state index in [0.29, 0.717) is 52.8 Å². The van der Waals surface area contributed by atoms with Gasteiger partial charge in [0, 0.05) is 0 Å². The Bertz CT molecular complexity index is 210. The maximum atomic E-state index is 4.05. The first-order chi connectivity index (χ1) is 5.70. The molecule has 1 aromatic heterocycles. The van der Waals surface area contributed by atoms with Gasteiger partial charge < -0.3 is 0 Å². The molecule has 0 spiro atoms. The van der Waals surface area contributed by atoms with Gasteiger partial charge in [0.1, 0.15) is 0 Å². The Labute approximate surface area is 107 Å². The van der Waals surface area contributed by atoms with Gasteiger partial charge in [0.05, 0.1) is 0 Å². The third-order valence-corrected chi connectivity index (χ3v) is 3.63. The summed E-state index contributed by atoms with van der Waals surface area (Å²) in [5.74, 6) is 1.07. The van der Waals surface area contributed by atoms with Crippen molar-refractivity contribution in [2.24, 2.45) is 0 Å². The van der Waals surface area contributed by atoms with Crippen molar-refractivity contribution in [3.63, 3.8) is 0 Å². The summed E-state index contributed by atoms with van der Waals surface area (Å²) >= 11 is 1.38. The van der Waals surface area contributed by atoms with Crippen LogP contribution in [0.25, 0.3) is 0 Å². The summed E-state index contributed by atoms with van der Waals surface area (Å²) in [7, 11) is 0. The predicted molar refractivity (Wildman–Crippen MR) is 40.6 cm³/mol. The molecule has 0 unspecified atom stereocenters. The molecule has 0 atom stereocenters. The van der Waals surface area contributed by atoms with Crippen LogP contribution in [-0.4, -0.2) is 10.2 Å². The molecule has 5 heteroatoms. The molecule has 0 amide bonds. The number of hydrogen-bond acceptors (Lipinski definition) is 3. The molecular formula is C7H11Hg2N3. The second-order valence-corrected chi connectivity index (χ2v) is 21.5. The van der Waals surface area contributed by atoms with E-state index >= 15 is 0 Å². The van der Waals surface area contributed by atoms with Crippen LogP contribution in [0, 0.1) is 6.92 Å². The Morgan fingerprint density at radius 2 is 1.75 bits per heavy atom. The van der Waals surface area contributed by atoms with Crippen molar-refractivity contribution in [3.8, 4) is 0 Å². The predicted octanol–water partition coefficient (Wildman–Crippen LogP) is 1.54. The van der Waals surface area contributed by atoms with Crippen LogP contribution < -0.4 is 0.428 Å². The van der Waals surface area contributed by atoms with Crippen LogP contribution in [0.3, 0.4) is 0 Å². The van der Waals surface area contributed by atoms with Crippen molar-refractivity contribution in [2.75, 3.05) is 0.428 Å². The van der Waals surface area contributed by atoms with Crippen molar-refractivity contribution in [1.82, 2.24) is 10.2 Å². The van der Waals surface area contributed by atoms with Crippen LogP contribution >= 0.6 is 0 Å². The van der Waals surface area contributed by atoms with Gasteiger partial charge in [0.15, 0.2) is 0 Å². The summed E-state index contributed by atoms with van der Waals surface area (Å²) in [6.45, 7) is 5.95. The fourth-order valence-corrected chi connectivity index (χ4v) is 1.87. The first-order valence-corrected chi connectivity index (χ1v) is 8.83. The van der Waals surface area contributed by atoms with Gasteiger partial charge in [0.25, 0.3) is 0 Å². The fraction of sp³-hybridized carbons (Fsp3) is 0.429. The third-order valence-electron chi connectivity index (χ3n) is 1.11. The van der Waals surface area contributed by atoms with Crippen molar-refractivity contribution in [2.45, 2.75) is 20.8 Å². The molecule has 1 aromatic rings. The number of aryl methyl sites for hydroxylation is 1. The van der Waals surface area contributed by atoms with Gasteiger partial charge in [-0.2, -0.15) is 0 Å². The van der Waals surface area contributed by atoms with E-state index in [1.807, 2.05) is 32.9 Å². The van der Waals surface area contributed by atoms with Gasteiger partial charge in [-0.25, -0.2) is 0 Å². The normalized spacial score (nSPS) is 8.58. The summed E-state index contributed by atoms with van der Waals surface area (Å²) in [6, 6.07) is 4.05. The fourth-order valence-electron chi connectivity index (χ4n) is 0.561. The van der Waals surface area contributed by atoms with E-state index in [0.717, 1.165) is 11.5 Å². The molecular weight excluding hydrogens is 527 g/mol. The zero-order valence-corrected chi connectivity index (χ0v) is 18.9. The first-order valence-electron chi connectivity index (χ1n) is 3.91. The SMILES string of the molecule is CC.Cc1ccc([N]([Hg])[Hg])nn1. The second kappa shape index (κ2) is 7.18. The number of hydrogen-bond donors (Lipinski definition) is 0. The number of aromatic nitrogens is 2. The van der Waals surface area contributed by atoms with Crippen molar-refractivity contribution < 1.29 is 52.8 Å². The zero-order chi connectivity index (χ0) is 9.56. The summed E-state index contributed by atoms with van der Waals surface area (Å²) < 4.78 is 2.31. The molecule has 1 heterocycles. The molecule has 58 valence electrons. The van der Waals surface area contributed by atoms with Gasteiger partial charge in [-0.1, -0.05) is 13.8 Å². The van der Waals surface area contributed by atoms with E-state index in [2.05, 4.69) is 10.6 Å². The van der Waals surface area contributed by atoms with E-state index in [1.165, 1.54) is 0 Å². The summed E-state index contributed by atoms with van der Waals surface area (Å²) in [6.07, 6.45) is 0. The van der Waals surface area contributed by atoms with E-state index in [4.69, 9.17) is 0 Å². The molecule has 0 saturated heterocycles. The van der Waals surface area contributed by atoms with E-state index in [-0.39, 0.29) is 0 Å². The van der Waals surface area contributed by atoms with Crippen LogP contribution in [0.2, 0.25) is 0 Å². The summed E-state index contributed by atoms with van der Waals surface area (Å²) in [5, 5.41) is 8.02. The van der Waals surface area contributed by atoms with Crippen molar-refractivity contribution in [3.05, 3.63) is 17.8 Å². The van der Waals surface area contributed by atoms with Crippen molar-refractivity contribution in [1.29, 1.82) is 0 Å². The molecule has 0 N–H and O–H groups in total. The molecule has 0 aliphatic rings. The Kier molecular flexibility index (Phi) is 7.63. The minimum atomic E-state index is 0.688. The zero-order valence-electron chi connectivity index (χ0n) is 7.91. The van der Waals surface area contributed by atoms with Gasteiger partial charge in [-0.05, 0) is 0 Å². The van der Waals surface area contributed by atoms with Crippen LogP contribution in [0.5, 0.6) is 0 Å². The average molecular weight is 538 g/mol. The minimum absolute atomic E-state index is 0.688. The number of nitrogens with zero attached hydrogens (tertiary/aromatic N) is 3. The Morgan fingerprint density at radius 1 is 1.17 bits per heavy atom. The standard InChI is InChI=1S/C5H5N3.C2H6.2Hg/c1-4-2-3-5(6)8-7-4;1-2;;/h2-3H,1H3;1-2H3;;. The third kappa shape index (κ3) is 4.70. The monoisotopic (exact) mass is 541 g/mol. The molecule has 0 aliphatic heterocycles. The molecule has 0 radical (unpaired) electrons. The summed E-state index contributed by atoms with van der Waals surface area (Å²) in [4.78, 5) is 0. The molecule has 0 bridgehead atoms. The van der Waals surface area contributed by atoms with Gasteiger partial charge >= 0.3 is 94.0 Å². The Balaban J connectivity index is 0.000000561. The van der Waals surface area contributed by atoms with Crippen LogP contribution in [0.4, 0.5) is 5.82 Å². The van der Waals surface area contributed by atoms with Gasteiger partial charge in [-0.15, -0.1) is 0 Å². The van der Waals surface area contributed by atoms with Crippen LogP contribution in [0.1, 0.15) is 19.5 Å². The Morgan fingerprint density at radius 3 is 2.08 bits per heavy atom. The second-order valence-electron chi connectivity index (χ2n) is 2.07. The number of anilines is 1. The van der Waals surface area contributed by atoms with Crippen LogP contribution in [-0.2, 0) is 52.8 Å². The quantitative estimate of drug-likeness (QED) is 0.509. The van der Waals surface area contributed by atoms with Crippen LogP contribution in [0.15, 0.2) is 12.1 Å². The molecule has 12 heavy (non-hydrogen) atoms. The molecule has 0 fully saturated rings. The summed E-state index contributed by atoms with van der Waals surface area (Å²) in [5.41, 5.74) is 0.993. The van der Waals surface area contributed by atoms with Crippen molar-refractivity contribution >= 4 is 5.82 Å². The molecule has 0 saturated carbocycles. The van der Waals surface area contributed by atoms with E-state index in [1.54, 1.807) is 0 Å². The Hall–Kier alpha value is 0.750. The number of rotatable bonds is 1. The molecule has 0 aromatic carbocycles. The maximum absolute atomic E-state index is 4.05. The topological polar surface area (TPSA) is 29.0 Å². The van der Waals surface area contributed by atoms with E-state index in [9.17, 15) is 0 Å². The first kappa shape index (κ1) is 12.8. The molecule has 0 aliphatic carbocycles. The average Bonchev–Trinajstić information content (AvgIpc) is 2.09. The van der Waals surface area contributed by atoms with Gasteiger partial charge in [0.2, 0.25) is 0 Å². The molecule has 3 nitrogen and oxygen atoms in total. The van der Waals surface area contributed by atoms with Gasteiger partial charge in [-0.3, -0.25) is 0 Å².